The maximum absolute atomic E-state index is 13.6. The monoisotopic (exact) mass is 532 g/mol. The van der Waals surface area contributed by atoms with Crippen molar-refractivity contribution in [1.82, 2.24) is 15.6 Å². The van der Waals surface area contributed by atoms with Crippen LogP contribution in [0.2, 0.25) is 0 Å². The Morgan fingerprint density at radius 3 is 2.93 bits per heavy atom. The Morgan fingerprint density at radius 1 is 1.41 bits per heavy atom. The molecule has 0 radical (unpaired) electrons. The molecule has 2 aromatic rings. The molecule has 1 aliphatic rings. The Balaban J connectivity index is 0.00000300. The minimum Gasteiger partial charge on any atom is -0.369 e. The number of guanidine groups is 1. The lowest BCUT2D eigenvalue weighted by molar-refractivity contribution is 0.467. The van der Waals surface area contributed by atoms with E-state index >= 15 is 0 Å². The third-order valence-corrected chi connectivity index (χ3v) is 5.66. The molecular formula is C20H30FIN6S. The lowest BCUT2D eigenvalue weighted by Gasteiger charge is -2.35. The lowest BCUT2D eigenvalue weighted by atomic mass is 10.0. The van der Waals surface area contributed by atoms with Crippen molar-refractivity contribution in [1.29, 1.82) is 0 Å². The quantitative estimate of drug-likeness (QED) is 0.338. The molecule has 1 aromatic heterocycles. The van der Waals surface area contributed by atoms with Gasteiger partial charge in [-0.1, -0.05) is 6.07 Å². The number of aliphatic imine (C=N–C) groups is 1. The standard InChI is InChI=1S/C20H29FN6S.HI/c1-4-22-19(23-12-17-14-28-20(25-17)26(2)3)24-16-8-6-10-27(13-16)18-9-5-7-15(21)11-18;/h5,7,9,11,14,16H,4,6,8,10,12-13H2,1-3H3,(H2,22,23,24);1H. The zero-order valence-electron chi connectivity index (χ0n) is 17.2. The molecule has 1 atom stereocenters. The second-order valence-corrected chi connectivity index (χ2v) is 7.96. The zero-order valence-corrected chi connectivity index (χ0v) is 20.3. The first kappa shape index (κ1) is 23.7. The van der Waals surface area contributed by atoms with Gasteiger partial charge in [0.15, 0.2) is 11.1 Å². The van der Waals surface area contributed by atoms with Crippen LogP contribution in [0.3, 0.4) is 0 Å². The number of thiazole rings is 1. The number of piperidine rings is 1. The summed E-state index contributed by atoms with van der Waals surface area (Å²) in [7, 11) is 3.98. The zero-order chi connectivity index (χ0) is 19.9. The molecule has 1 fully saturated rings. The Labute approximate surface area is 193 Å². The van der Waals surface area contributed by atoms with Gasteiger partial charge in [-0.15, -0.1) is 35.3 Å². The van der Waals surface area contributed by atoms with Gasteiger partial charge in [-0.2, -0.15) is 0 Å². The van der Waals surface area contributed by atoms with Gasteiger partial charge < -0.3 is 20.4 Å². The topological polar surface area (TPSA) is 55.8 Å². The molecule has 2 N–H and O–H groups in total. The third-order valence-electron chi connectivity index (χ3n) is 4.60. The van der Waals surface area contributed by atoms with Crippen LogP contribution in [0.5, 0.6) is 0 Å². The molecule has 1 saturated heterocycles. The fraction of sp³-hybridized carbons (Fsp3) is 0.500. The van der Waals surface area contributed by atoms with Crippen LogP contribution in [0, 0.1) is 5.82 Å². The van der Waals surface area contributed by atoms with E-state index in [1.807, 2.05) is 25.1 Å². The highest BCUT2D eigenvalue weighted by Gasteiger charge is 2.21. The molecule has 0 spiro atoms. The van der Waals surface area contributed by atoms with Crippen molar-refractivity contribution in [2.45, 2.75) is 32.4 Å². The second-order valence-electron chi connectivity index (χ2n) is 7.12. The molecular weight excluding hydrogens is 502 g/mol. The maximum Gasteiger partial charge on any atom is 0.191 e. The molecule has 29 heavy (non-hydrogen) atoms. The summed E-state index contributed by atoms with van der Waals surface area (Å²) >= 11 is 1.62. The first-order valence-corrected chi connectivity index (χ1v) is 10.6. The number of aromatic nitrogens is 1. The molecule has 0 amide bonds. The molecule has 6 nitrogen and oxygen atoms in total. The van der Waals surface area contributed by atoms with Crippen molar-refractivity contribution in [3.63, 3.8) is 0 Å². The molecule has 160 valence electrons. The van der Waals surface area contributed by atoms with Crippen LogP contribution in [0.15, 0.2) is 34.6 Å². The third kappa shape index (κ3) is 6.98. The van der Waals surface area contributed by atoms with Crippen molar-refractivity contribution >= 4 is 52.1 Å². The summed E-state index contributed by atoms with van der Waals surface area (Å²) in [4.78, 5) is 13.5. The summed E-state index contributed by atoms with van der Waals surface area (Å²) in [5.41, 5.74) is 1.91. The van der Waals surface area contributed by atoms with E-state index < -0.39 is 0 Å². The Bertz CT molecular complexity index is 797. The fourth-order valence-corrected chi connectivity index (χ4v) is 4.00. The van der Waals surface area contributed by atoms with Crippen molar-refractivity contribution in [2.75, 3.05) is 43.5 Å². The van der Waals surface area contributed by atoms with Crippen molar-refractivity contribution in [3.05, 3.63) is 41.2 Å². The van der Waals surface area contributed by atoms with Crippen molar-refractivity contribution in [3.8, 4) is 0 Å². The van der Waals surface area contributed by atoms with Gasteiger partial charge >= 0.3 is 0 Å². The Hall–Kier alpha value is -1.62. The highest BCUT2D eigenvalue weighted by Crippen LogP contribution is 2.21. The van der Waals surface area contributed by atoms with Crippen LogP contribution in [-0.4, -0.2) is 50.7 Å². The van der Waals surface area contributed by atoms with Gasteiger partial charge in [0.25, 0.3) is 0 Å². The first-order valence-electron chi connectivity index (χ1n) is 9.72. The van der Waals surface area contributed by atoms with Crippen LogP contribution in [0.4, 0.5) is 15.2 Å². The molecule has 1 aromatic carbocycles. The molecule has 3 rings (SSSR count). The number of anilines is 2. The van der Waals surface area contributed by atoms with Gasteiger partial charge in [-0.3, -0.25) is 0 Å². The predicted molar refractivity (Wildman–Crippen MR) is 131 cm³/mol. The van der Waals surface area contributed by atoms with Crippen molar-refractivity contribution < 1.29 is 4.39 Å². The van der Waals surface area contributed by atoms with E-state index in [2.05, 4.69) is 32.8 Å². The van der Waals surface area contributed by atoms with Crippen molar-refractivity contribution in [2.24, 2.45) is 4.99 Å². The SMILES string of the molecule is CCNC(=NCc1csc(N(C)C)n1)NC1CCCN(c2cccc(F)c2)C1.I. The predicted octanol–water partition coefficient (Wildman–Crippen LogP) is 3.69. The van der Waals surface area contributed by atoms with Gasteiger partial charge in [0.05, 0.1) is 12.2 Å². The summed E-state index contributed by atoms with van der Waals surface area (Å²) in [6, 6.07) is 7.09. The van der Waals surface area contributed by atoms with Crippen LogP contribution < -0.4 is 20.4 Å². The Kier molecular flexibility index (Phi) is 9.41. The molecule has 0 saturated carbocycles. The van der Waals surface area contributed by atoms with E-state index in [1.54, 1.807) is 23.5 Å². The number of halogens is 2. The molecule has 0 bridgehead atoms. The first-order chi connectivity index (χ1) is 13.5. The normalized spacial score (nSPS) is 16.9. The summed E-state index contributed by atoms with van der Waals surface area (Å²) in [6.45, 7) is 5.17. The van der Waals surface area contributed by atoms with Crippen LogP contribution in [0.25, 0.3) is 0 Å². The average Bonchev–Trinajstić information content (AvgIpc) is 3.16. The van der Waals surface area contributed by atoms with Crippen LogP contribution >= 0.6 is 35.3 Å². The summed E-state index contributed by atoms with van der Waals surface area (Å²) < 4.78 is 13.6. The molecule has 1 unspecified atom stereocenters. The van der Waals surface area contributed by atoms with E-state index in [9.17, 15) is 4.39 Å². The number of hydrogen-bond acceptors (Lipinski definition) is 5. The van der Waals surface area contributed by atoms with E-state index in [0.717, 1.165) is 54.9 Å². The van der Waals surface area contributed by atoms with Crippen LogP contribution in [-0.2, 0) is 6.54 Å². The highest BCUT2D eigenvalue weighted by molar-refractivity contribution is 14.0. The lowest BCUT2D eigenvalue weighted by Crippen LogP contribution is -2.51. The Morgan fingerprint density at radius 2 is 2.24 bits per heavy atom. The smallest absolute Gasteiger partial charge is 0.191 e. The molecule has 2 heterocycles. The maximum atomic E-state index is 13.6. The number of nitrogens with zero attached hydrogens (tertiary/aromatic N) is 4. The van der Waals surface area contributed by atoms with E-state index in [4.69, 9.17) is 4.99 Å². The van der Waals surface area contributed by atoms with Gasteiger partial charge in [-0.05, 0) is 38.0 Å². The van der Waals surface area contributed by atoms with E-state index in [0.29, 0.717) is 6.54 Å². The van der Waals surface area contributed by atoms with Crippen LogP contribution in [0.1, 0.15) is 25.5 Å². The number of benzene rings is 1. The average molecular weight is 532 g/mol. The van der Waals surface area contributed by atoms with Gasteiger partial charge in [0.2, 0.25) is 0 Å². The molecule has 9 heteroatoms. The summed E-state index contributed by atoms with van der Waals surface area (Å²) in [6.07, 6.45) is 2.13. The van der Waals surface area contributed by atoms with Gasteiger partial charge in [0.1, 0.15) is 5.82 Å². The number of nitrogens with one attached hydrogen (secondary N) is 2. The van der Waals surface area contributed by atoms with E-state index in [-0.39, 0.29) is 35.8 Å². The summed E-state index contributed by atoms with van der Waals surface area (Å²) in [5.74, 6) is 0.607. The molecule has 1 aliphatic heterocycles. The highest BCUT2D eigenvalue weighted by atomic mass is 127. The number of hydrogen-bond donors (Lipinski definition) is 2. The van der Waals surface area contributed by atoms with Gasteiger partial charge in [0, 0.05) is 50.8 Å². The largest absolute Gasteiger partial charge is 0.369 e. The second kappa shape index (κ2) is 11.5. The van der Waals surface area contributed by atoms with Gasteiger partial charge in [-0.25, -0.2) is 14.4 Å². The summed E-state index contributed by atoms with van der Waals surface area (Å²) in [5, 5.41) is 9.90. The minimum atomic E-state index is -0.192. The fourth-order valence-electron chi connectivity index (χ4n) is 3.25. The minimum absolute atomic E-state index is 0. The molecule has 0 aliphatic carbocycles. The van der Waals surface area contributed by atoms with E-state index in [1.165, 1.54) is 6.07 Å². The number of rotatable bonds is 6.